The Balaban J connectivity index is 2.52. The first kappa shape index (κ1) is 9.83. The average molecular weight is 179 g/mol. The number of rotatable bonds is 1. The van der Waals surface area contributed by atoms with Gasteiger partial charge in [0.05, 0.1) is 6.04 Å². The quantitative estimate of drug-likeness (QED) is 0.564. The molecule has 1 atom stereocenters. The lowest BCUT2D eigenvalue weighted by Crippen LogP contribution is -2.50. The molecule has 0 bridgehead atoms. The fraction of sp³-hybridized carbons (Fsp3) is 1.00. The fourth-order valence-corrected chi connectivity index (χ4v) is 1.29. The van der Waals surface area contributed by atoms with E-state index in [4.69, 9.17) is 5.84 Å². The Labute approximate surface area is 70.9 Å². The van der Waals surface area contributed by atoms with Gasteiger partial charge in [-0.2, -0.15) is 0 Å². The van der Waals surface area contributed by atoms with Crippen LogP contribution in [-0.2, 0) is 0 Å². The zero-order chi connectivity index (χ0) is 9.19. The van der Waals surface area contributed by atoms with Gasteiger partial charge in [0.2, 0.25) is 0 Å². The van der Waals surface area contributed by atoms with Crippen LogP contribution in [0.3, 0.4) is 0 Å². The van der Waals surface area contributed by atoms with Crippen molar-refractivity contribution in [2.45, 2.75) is 25.3 Å². The first-order valence-corrected chi connectivity index (χ1v) is 4.11. The van der Waals surface area contributed by atoms with Crippen molar-refractivity contribution in [1.82, 2.24) is 10.3 Å². The second-order valence-corrected chi connectivity index (χ2v) is 3.31. The largest absolute Gasteiger partial charge is 0.307 e. The van der Waals surface area contributed by atoms with E-state index in [0.29, 0.717) is 13.1 Å². The van der Waals surface area contributed by atoms with Crippen LogP contribution in [0.5, 0.6) is 0 Å². The number of nitrogens with zero attached hydrogens (tertiary/aromatic N) is 1. The van der Waals surface area contributed by atoms with E-state index >= 15 is 0 Å². The van der Waals surface area contributed by atoms with Gasteiger partial charge in [0.1, 0.15) is 0 Å². The van der Waals surface area contributed by atoms with Crippen LogP contribution in [0.4, 0.5) is 8.78 Å². The van der Waals surface area contributed by atoms with Crippen LogP contribution in [0, 0.1) is 0 Å². The Bertz CT molecular complexity index is 146. The fourth-order valence-electron chi connectivity index (χ4n) is 1.29. The zero-order valence-corrected chi connectivity index (χ0v) is 7.19. The predicted octanol–water partition coefficient (Wildman–Crippen LogP) is 0.179. The first-order chi connectivity index (χ1) is 5.50. The minimum Gasteiger partial charge on any atom is -0.307 e. The third-order valence-electron chi connectivity index (χ3n) is 2.04. The van der Waals surface area contributed by atoms with Crippen LogP contribution in [0.2, 0.25) is 0 Å². The molecule has 1 heterocycles. The highest BCUT2D eigenvalue weighted by Crippen LogP contribution is 2.18. The smallest absolute Gasteiger partial charge is 0.261 e. The summed E-state index contributed by atoms with van der Waals surface area (Å²) in [7, 11) is 0. The lowest BCUT2D eigenvalue weighted by Gasteiger charge is -2.25. The summed E-state index contributed by atoms with van der Waals surface area (Å²) >= 11 is 0. The van der Waals surface area contributed by atoms with E-state index in [1.54, 1.807) is 0 Å². The van der Waals surface area contributed by atoms with Gasteiger partial charge >= 0.3 is 0 Å². The van der Waals surface area contributed by atoms with Crippen LogP contribution in [0.1, 0.15) is 13.3 Å². The van der Waals surface area contributed by atoms with E-state index < -0.39 is 12.0 Å². The molecular formula is C7H15F2N3. The lowest BCUT2D eigenvalue weighted by molar-refractivity contribution is -0.0248. The van der Waals surface area contributed by atoms with Gasteiger partial charge < -0.3 is 5.32 Å². The summed E-state index contributed by atoms with van der Waals surface area (Å²) in [5.74, 6) is 2.79. The Morgan fingerprint density at radius 1 is 1.58 bits per heavy atom. The Morgan fingerprint density at radius 3 is 2.83 bits per heavy atom. The Kier molecular flexibility index (Phi) is 2.98. The molecule has 0 aliphatic carbocycles. The summed E-state index contributed by atoms with van der Waals surface area (Å²) in [6.07, 6.45) is 0.822. The first-order valence-electron chi connectivity index (χ1n) is 4.11. The molecule has 1 aliphatic heterocycles. The number of halogens is 2. The molecule has 1 saturated heterocycles. The van der Waals surface area contributed by atoms with Crippen molar-refractivity contribution >= 4 is 0 Å². The van der Waals surface area contributed by atoms with Crippen LogP contribution in [-0.4, -0.2) is 36.6 Å². The van der Waals surface area contributed by atoms with E-state index in [1.807, 2.05) is 0 Å². The molecule has 3 nitrogen and oxygen atoms in total. The zero-order valence-electron chi connectivity index (χ0n) is 7.19. The van der Waals surface area contributed by atoms with E-state index in [1.165, 1.54) is 5.01 Å². The van der Waals surface area contributed by atoms with Crippen molar-refractivity contribution in [3.63, 3.8) is 0 Å². The standard InChI is InChI=1S/C7H15F2N3/c1-7(8,9)6-5-12(10)4-2-3-11-6/h6,11H,2-5,10H2,1H3. The normalized spacial score (nSPS) is 28.5. The molecule has 0 amide bonds. The van der Waals surface area contributed by atoms with Gasteiger partial charge in [-0.25, -0.2) is 13.8 Å². The number of hydrazine groups is 1. The third-order valence-corrected chi connectivity index (χ3v) is 2.04. The Morgan fingerprint density at radius 2 is 2.25 bits per heavy atom. The number of nitrogens with one attached hydrogen (secondary N) is 1. The molecule has 5 heteroatoms. The molecule has 1 unspecified atom stereocenters. The number of hydrogen-bond donors (Lipinski definition) is 2. The van der Waals surface area contributed by atoms with Crippen LogP contribution >= 0.6 is 0 Å². The summed E-state index contributed by atoms with van der Waals surface area (Å²) in [4.78, 5) is 0. The van der Waals surface area contributed by atoms with Crippen molar-refractivity contribution in [2.24, 2.45) is 5.84 Å². The number of nitrogens with two attached hydrogens (primary N) is 1. The van der Waals surface area contributed by atoms with Crippen molar-refractivity contribution in [1.29, 1.82) is 0 Å². The molecule has 1 rings (SSSR count). The van der Waals surface area contributed by atoms with Gasteiger partial charge in [0, 0.05) is 20.0 Å². The second kappa shape index (κ2) is 3.64. The molecule has 3 N–H and O–H groups in total. The maximum absolute atomic E-state index is 12.8. The predicted molar refractivity (Wildman–Crippen MR) is 42.8 cm³/mol. The molecule has 0 saturated carbocycles. The van der Waals surface area contributed by atoms with E-state index in [-0.39, 0.29) is 6.54 Å². The maximum Gasteiger partial charge on any atom is 0.261 e. The van der Waals surface area contributed by atoms with Crippen LogP contribution in [0.25, 0.3) is 0 Å². The Hall–Kier alpha value is -0.260. The van der Waals surface area contributed by atoms with Crippen molar-refractivity contribution < 1.29 is 8.78 Å². The molecule has 0 spiro atoms. The highest BCUT2D eigenvalue weighted by molar-refractivity contribution is 4.83. The van der Waals surface area contributed by atoms with Gasteiger partial charge in [0.25, 0.3) is 5.92 Å². The summed E-state index contributed by atoms with van der Waals surface area (Å²) in [6, 6.07) is -0.815. The van der Waals surface area contributed by atoms with Gasteiger partial charge in [-0.15, -0.1) is 0 Å². The summed E-state index contributed by atoms with van der Waals surface area (Å²) in [6.45, 7) is 2.43. The molecule has 0 radical (unpaired) electrons. The molecule has 0 aromatic heterocycles. The molecular weight excluding hydrogens is 164 g/mol. The van der Waals surface area contributed by atoms with Gasteiger partial charge in [-0.1, -0.05) is 0 Å². The summed E-state index contributed by atoms with van der Waals surface area (Å²) < 4.78 is 25.6. The van der Waals surface area contributed by atoms with E-state index in [0.717, 1.165) is 13.3 Å². The summed E-state index contributed by atoms with van der Waals surface area (Å²) in [5, 5.41) is 4.23. The van der Waals surface area contributed by atoms with Gasteiger partial charge in [0.15, 0.2) is 0 Å². The van der Waals surface area contributed by atoms with Crippen LogP contribution in [0.15, 0.2) is 0 Å². The van der Waals surface area contributed by atoms with Crippen molar-refractivity contribution in [3.8, 4) is 0 Å². The SMILES string of the molecule is CC(F)(F)C1CN(N)CCCN1. The van der Waals surface area contributed by atoms with Crippen molar-refractivity contribution in [2.75, 3.05) is 19.6 Å². The molecule has 0 aromatic carbocycles. The molecule has 0 aromatic rings. The molecule has 1 aliphatic rings. The van der Waals surface area contributed by atoms with Crippen molar-refractivity contribution in [3.05, 3.63) is 0 Å². The average Bonchev–Trinajstić information content (AvgIpc) is 2.11. The second-order valence-electron chi connectivity index (χ2n) is 3.31. The molecule has 12 heavy (non-hydrogen) atoms. The van der Waals surface area contributed by atoms with Gasteiger partial charge in [-0.05, 0) is 13.0 Å². The highest BCUT2D eigenvalue weighted by atomic mass is 19.3. The minimum absolute atomic E-state index is 0.212. The summed E-state index contributed by atoms with van der Waals surface area (Å²) in [5.41, 5.74) is 0. The molecule has 1 fully saturated rings. The van der Waals surface area contributed by atoms with E-state index in [9.17, 15) is 8.78 Å². The maximum atomic E-state index is 12.8. The lowest BCUT2D eigenvalue weighted by atomic mass is 10.1. The third kappa shape index (κ3) is 2.66. The number of alkyl halides is 2. The van der Waals surface area contributed by atoms with Crippen LogP contribution < -0.4 is 11.2 Å². The molecule has 72 valence electrons. The topological polar surface area (TPSA) is 41.3 Å². The van der Waals surface area contributed by atoms with E-state index in [2.05, 4.69) is 5.32 Å². The highest BCUT2D eigenvalue weighted by Gasteiger charge is 2.35. The number of hydrogen-bond acceptors (Lipinski definition) is 3. The minimum atomic E-state index is -2.69. The van der Waals surface area contributed by atoms with Gasteiger partial charge in [-0.3, -0.25) is 5.84 Å². The monoisotopic (exact) mass is 179 g/mol.